The maximum absolute atomic E-state index is 13.5. The van der Waals surface area contributed by atoms with Crippen molar-refractivity contribution in [3.8, 4) is 0 Å². The number of allylic oxidation sites excluding steroid dienone is 1. The van der Waals surface area contributed by atoms with Crippen molar-refractivity contribution in [2.24, 2.45) is 4.99 Å². The maximum atomic E-state index is 13.5. The second-order valence-corrected chi connectivity index (χ2v) is 13.2. The van der Waals surface area contributed by atoms with E-state index in [1.807, 2.05) is 61.2 Å². The van der Waals surface area contributed by atoms with Gasteiger partial charge in [0.05, 0.1) is 0 Å². The Morgan fingerprint density at radius 3 is 2.20 bits per heavy atom. The lowest BCUT2D eigenvalue weighted by Crippen LogP contribution is -2.05. The highest BCUT2D eigenvalue weighted by molar-refractivity contribution is 7.99. The van der Waals surface area contributed by atoms with Crippen molar-refractivity contribution in [3.05, 3.63) is 119 Å². The zero-order valence-electron chi connectivity index (χ0n) is 26.7. The highest BCUT2D eigenvalue weighted by atomic mass is 35.5. The molecule has 0 atom stereocenters. The number of carbonyl (C=O) groups excluding carboxylic acids is 1. The molecule has 0 radical (unpaired) electrons. The maximum Gasteiger partial charge on any atom is 0.193 e. The fourth-order valence-electron chi connectivity index (χ4n) is 5.97. The number of ketones is 1. The van der Waals surface area contributed by atoms with Gasteiger partial charge in [-0.25, -0.2) is 0 Å². The van der Waals surface area contributed by atoms with Crippen molar-refractivity contribution in [3.63, 3.8) is 0 Å². The average Bonchev–Trinajstić information content (AvgIpc) is 3.38. The van der Waals surface area contributed by atoms with E-state index in [9.17, 15) is 4.79 Å². The lowest BCUT2D eigenvalue weighted by molar-refractivity contribution is 0.103. The number of fused-ring (bicyclic) bond motifs is 3. The normalized spacial score (nSPS) is 11.9. The van der Waals surface area contributed by atoms with Crippen LogP contribution in [0, 0.1) is 6.92 Å². The van der Waals surface area contributed by atoms with Crippen LogP contribution in [0.5, 0.6) is 0 Å². The van der Waals surface area contributed by atoms with Crippen LogP contribution in [0.4, 0.5) is 0 Å². The molecule has 0 aliphatic heterocycles. The van der Waals surface area contributed by atoms with Crippen molar-refractivity contribution in [1.82, 2.24) is 4.57 Å². The number of unbranched alkanes of at least 4 members (excludes halogenated alkanes) is 4. The summed E-state index contributed by atoms with van der Waals surface area (Å²) in [6, 6.07) is 28.6. The van der Waals surface area contributed by atoms with Crippen LogP contribution in [-0.4, -0.2) is 28.4 Å². The minimum atomic E-state index is 0.0551. The van der Waals surface area contributed by atoms with E-state index >= 15 is 0 Å². The third kappa shape index (κ3) is 7.80. The number of benzene rings is 4. The van der Waals surface area contributed by atoms with Gasteiger partial charge in [0.2, 0.25) is 0 Å². The van der Waals surface area contributed by atoms with Gasteiger partial charge in [0.15, 0.2) is 5.78 Å². The third-order valence-corrected chi connectivity index (χ3v) is 9.78. The Balaban J connectivity index is 1.45. The first-order chi connectivity index (χ1) is 21.9. The summed E-state index contributed by atoms with van der Waals surface area (Å²) in [5, 5.41) is 2.98. The summed E-state index contributed by atoms with van der Waals surface area (Å²) in [5.41, 5.74) is 7.87. The molecule has 0 saturated carbocycles. The topological polar surface area (TPSA) is 34.4 Å². The summed E-state index contributed by atoms with van der Waals surface area (Å²) in [4.78, 5) is 19.9. The summed E-state index contributed by atoms with van der Waals surface area (Å²) in [7, 11) is 0. The molecule has 1 heterocycles. The molecule has 5 aromatic rings. The van der Waals surface area contributed by atoms with Gasteiger partial charge < -0.3 is 4.57 Å². The average molecular weight is 635 g/mol. The van der Waals surface area contributed by atoms with Gasteiger partial charge in [-0.15, -0.1) is 11.8 Å². The van der Waals surface area contributed by atoms with Crippen LogP contribution in [0.2, 0.25) is 5.02 Å². The molecular formula is C40H43ClN2OS. The SMILES string of the molecule is C=C(C(CCSc1ccc(Cl)cc1)=NCCCCCCC)c1ccc2c(c1)c1cc(C(=O)c3ccccc3C)ccc1n2CC. The van der Waals surface area contributed by atoms with Gasteiger partial charge in [0.1, 0.15) is 0 Å². The molecule has 0 amide bonds. The molecule has 5 heteroatoms. The largest absolute Gasteiger partial charge is 0.341 e. The van der Waals surface area contributed by atoms with E-state index in [-0.39, 0.29) is 5.78 Å². The molecule has 0 N–H and O–H groups in total. The van der Waals surface area contributed by atoms with Crippen molar-refractivity contribution in [1.29, 1.82) is 0 Å². The Morgan fingerprint density at radius 1 is 0.844 bits per heavy atom. The Labute approximate surface area is 277 Å². The Bertz CT molecular complexity index is 1830. The van der Waals surface area contributed by atoms with E-state index in [1.165, 1.54) is 30.6 Å². The molecule has 0 unspecified atom stereocenters. The smallest absolute Gasteiger partial charge is 0.193 e. The minimum Gasteiger partial charge on any atom is -0.341 e. The molecule has 0 spiro atoms. The number of carbonyl (C=O) groups is 1. The van der Waals surface area contributed by atoms with Gasteiger partial charge in [0, 0.05) is 67.4 Å². The van der Waals surface area contributed by atoms with Crippen LogP contribution in [0.15, 0.2) is 101 Å². The van der Waals surface area contributed by atoms with Crippen molar-refractivity contribution < 1.29 is 4.79 Å². The van der Waals surface area contributed by atoms with Gasteiger partial charge in [0.25, 0.3) is 0 Å². The summed E-state index contributed by atoms with van der Waals surface area (Å²) in [5.74, 6) is 0.969. The van der Waals surface area contributed by atoms with Gasteiger partial charge in [-0.1, -0.05) is 81.1 Å². The second kappa shape index (κ2) is 15.6. The number of aliphatic imine (C=N–C) groups is 1. The Kier molecular flexibility index (Phi) is 11.4. The number of aromatic nitrogens is 1. The third-order valence-electron chi connectivity index (χ3n) is 8.52. The van der Waals surface area contributed by atoms with E-state index in [1.54, 1.807) is 0 Å². The van der Waals surface area contributed by atoms with E-state index in [4.69, 9.17) is 16.6 Å². The van der Waals surface area contributed by atoms with Crippen molar-refractivity contribution >= 4 is 62.2 Å². The van der Waals surface area contributed by atoms with Crippen molar-refractivity contribution in [2.75, 3.05) is 12.3 Å². The monoisotopic (exact) mass is 634 g/mol. The molecule has 0 aliphatic carbocycles. The van der Waals surface area contributed by atoms with E-state index in [2.05, 4.69) is 67.5 Å². The van der Waals surface area contributed by atoms with Crippen LogP contribution in [0.3, 0.4) is 0 Å². The molecule has 4 aromatic carbocycles. The Hall–Kier alpha value is -3.60. The highest BCUT2D eigenvalue weighted by Crippen LogP contribution is 2.33. The predicted molar refractivity (Wildman–Crippen MR) is 197 cm³/mol. The van der Waals surface area contributed by atoms with E-state index in [0.29, 0.717) is 5.56 Å². The zero-order valence-corrected chi connectivity index (χ0v) is 28.3. The van der Waals surface area contributed by atoms with Crippen LogP contribution in [0.1, 0.15) is 79.4 Å². The Morgan fingerprint density at radius 2 is 1.51 bits per heavy atom. The number of rotatable bonds is 15. The number of aryl methyl sites for hydroxylation is 2. The van der Waals surface area contributed by atoms with Crippen LogP contribution in [-0.2, 0) is 6.54 Å². The van der Waals surface area contributed by atoms with Gasteiger partial charge in [-0.2, -0.15) is 0 Å². The lowest BCUT2D eigenvalue weighted by Gasteiger charge is -2.12. The van der Waals surface area contributed by atoms with Crippen molar-refractivity contribution in [2.45, 2.75) is 70.7 Å². The summed E-state index contributed by atoms with van der Waals surface area (Å²) < 4.78 is 2.33. The number of nitrogens with zero attached hydrogens (tertiary/aromatic N) is 2. The second-order valence-electron chi connectivity index (χ2n) is 11.6. The van der Waals surface area contributed by atoms with Gasteiger partial charge >= 0.3 is 0 Å². The lowest BCUT2D eigenvalue weighted by atomic mass is 9.96. The molecule has 0 saturated heterocycles. The van der Waals surface area contributed by atoms with E-state index in [0.717, 1.165) is 86.5 Å². The van der Waals surface area contributed by atoms with E-state index < -0.39 is 0 Å². The first-order valence-electron chi connectivity index (χ1n) is 16.2. The fourth-order valence-corrected chi connectivity index (χ4v) is 6.96. The summed E-state index contributed by atoms with van der Waals surface area (Å²) >= 11 is 7.92. The zero-order chi connectivity index (χ0) is 31.8. The fraction of sp³-hybridized carbons (Fsp3) is 0.300. The van der Waals surface area contributed by atoms with Crippen LogP contribution in [0.25, 0.3) is 27.4 Å². The first-order valence-corrected chi connectivity index (χ1v) is 17.5. The minimum absolute atomic E-state index is 0.0551. The summed E-state index contributed by atoms with van der Waals surface area (Å²) in [6.07, 6.45) is 6.94. The predicted octanol–water partition coefficient (Wildman–Crippen LogP) is 11.6. The molecule has 232 valence electrons. The van der Waals surface area contributed by atoms with Gasteiger partial charge in [-0.05, 0) is 98.0 Å². The van der Waals surface area contributed by atoms with Gasteiger partial charge in [-0.3, -0.25) is 9.79 Å². The molecule has 0 fully saturated rings. The number of thioether (sulfide) groups is 1. The highest BCUT2D eigenvalue weighted by Gasteiger charge is 2.17. The number of hydrogen-bond acceptors (Lipinski definition) is 3. The summed E-state index contributed by atoms with van der Waals surface area (Å²) in [6.45, 7) is 12.7. The molecule has 3 nitrogen and oxygen atoms in total. The molecular weight excluding hydrogens is 592 g/mol. The standard InChI is InChI=1S/C40H43ClN2OS/c1-5-7-8-9-12-24-42-37(23-25-45-33-19-17-32(41)18-20-33)29(4)30-15-21-38-35(26-30)36-27-31(16-22-39(36)43(38)6-2)40(44)34-14-11-10-13-28(34)3/h10-11,13-22,26-27H,4-9,12,23-25H2,1-3H3. The molecule has 0 aliphatic rings. The quantitative estimate of drug-likeness (QED) is 0.0497. The van der Waals surface area contributed by atoms with Crippen LogP contribution < -0.4 is 0 Å². The molecule has 45 heavy (non-hydrogen) atoms. The molecule has 1 aromatic heterocycles. The number of hydrogen-bond donors (Lipinski definition) is 0. The van der Waals surface area contributed by atoms with Crippen LogP contribution >= 0.6 is 23.4 Å². The molecule has 5 rings (SSSR count). The molecule has 0 bridgehead atoms. The number of halogens is 1. The first kappa shape index (κ1) is 32.8.